The van der Waals surface area contributed by atoms with Crippen molar-refractivity contribution < 1.29 is 9.72 Å². The largest absolute Gasteiger partial charge is 0.355 e. The number of non-ortho nitro benzene ring substituents is 1. The van der Waals surface area contributed by atoms with Crippen molar-refractivity contribution in [3.8, 4) is 0 Å². The highest BCUT2D eigenvalue weighted by Gasteiger charge is 2.17. The van der Waals surface area contributed by atoms with E-state index in [1.165, 1.54) is 30.3 Å². The van der Waals surface area contributed by atoms with Crippen molar-refractivity contribution in [1.29, 1.82) is 0 Å². The van der Waals surface area contributed by atoms with Crippen LogP contribution in [0.2, 0.25) is 0 Å². The van der Waals surface area contributed by atoms with Crippen molar-refractivity contribution >= 4 is 35.8 Å². The summed E-state index contributed by atoms with van der Waals surface area (Å²) in [6, 6.07) is 6.27. The van der Waals surface area contributed by atoms with E-state index < -0.39 is 4.92 Å². The minimum atomic E-state index is -0.428. The van der Waals surface area contributed by atoms with E-state index in [0.717, 1.165) is 24.4 Å². The summed E-state index contributed by atoms with van der Waals surface area (Å²) in [6.07, 6.45) is 2.19. The number of benzene rings is 1. The number of nitro groups is 1. The fourth-order valence-electron chi connectivity index (χ4n) is 2.41. The van der Waals surface area contributed by atoms with Gasteiger partial charge in [0, 0.05) is 23.6 Å². The standard InChI is InChI=1S/C15H21N3O3S.ClH/c1-11(15(19)17-9-7-12-6-8-16-10-12)22-14-4-2-13(3-5-14)18(20)21;/h2-5,11-12,16H,6-10H2,1H3,(H,17,19);1H. The Hall–Kier alpha value is -1.31. The van der Waals surface area contributed by atoms with E-state index in [4.69, 9.17) is 0 Å². The Morgan fingerprint density at radius 3 is 2.74 bits per heavy atom. The molecule has 0 bridgehead atoms. The number of thioether (sulfide) groups is 1. The fraction of sp³-hybridized carbons (Fsp3) is 0.533. The molecule has 1 aromatic rings. The first kappa shape index (κ1) is 19.7. The second-order valence-electron chi connectivity index (χ2n) is 5.45. The first-order chi connectivity index (χ1) is 10.6. The zero-order valence-electron chi connectivity index (χ0n) is 13.0. The lowest BCUT2D eigenvalue weighted by Gasteiger charge is -2.13. The number of amides is 1. The van der Waals surface area contributed by atoms with Gasteiger partial charge < -0.3 is 10.6 Å². The van der Waals surface area contributed by atoms with Crippen molar-refractivity contribution in [2.75, 3.05) is 19.6 Å². The van der Waals surface area contributed by atoms with E-state index in [0.29, 0.717) is 12.5 Å². The molecule has 2 rings (SSSR count). The summed E-state index contributed by atoms with van der Waals surface area (Å²) < 4.78 is 0. The third-order valence-corrected chi connectivity index (χ3v) is 4.86. The van der Waals surface area contributed by atoms with E-state index in [-0.39, 0.29) is 29.3 Å². The lowest BCUT2D eigenvalue weighted by Crippen LogP contribution is -2.32. The molecule has 0 saturated carbocycles. The van der Waals surface area contributed by atoms with Gasteiger partial charge in [0.1, 0.15) is 0 Å². The number of hydrogen-bond acceptors (Lipinski definition) is 5. The molecule has 1 aliphatic rings. The van der Waals surface area contributed by atoms with Crippen LogP contribution in [0.15, 0.2) is 29.2 Å². The average molecular weight is 360 g/mol. The molecule has 0 spiro atoms. The topological polar surface area (TPSA) is 84.3 Å². The molecular weight excluding hydrogens is 338 g/mol. The van der Waals surface area contributed by atoms with Gasteiger partial charge in [-0.05, 0) is 50.9 Å². The van der Waals surface area contributed by atoms with Gasteiger partial charge in [0.25, 0.3) is 5.69 Å². The molecule has 8 heteroatoms. The number of nitro benzene ring substituents is 1. The van der Waals surface area contributed by atoms with Crippen molar-refractivity contribution in [1.82, 2.24) is 10.6 Å². The van der Waals surface area contributed by atoms with Gasteiger partial charge in [0.2, 0.25) is 5.91 Å². The Morgan fingerprint density at radius 1 is 1.48 bits per heavy atom. The van der Waals surface area contributed by atoms with Crippen molar-refractivity contribution in [2.45, 2.75) is 29.9 Å². The number of carbonyl (C=O) groups is 1. The molecule has 0 radical (unpaired) electrons. The molecule has 1 amide bonds. The molecule has 2 N–H and O–H groups in total. The number of rotatable bonds is 7. The van der Waals surface area contributed by atoms with Crippen LogP contribution < -0.4 is 10.6 Å². The van der Waals surface area contributed by atoms with Crippen molar-refractivity contribution in [3.63, 3.8) is 0 Å². The van der Waals surface area contributed by atoms with E-state index in [1.807, 2.05) is 6.92 Å². The van der Waals surface area contributed by atoms with Crippen LogP contribution >= 0.6 is 24.2 Å². The van der Waals surface area contributed by atoms with E-state index in [9.17, 15) is 14.9 Å². The van der Waals surface area contributed by atoms with Crippen LogP contribution in [0, 0.1) is 16.0 Å². The molecule has 2 atom stereocenters. The summed E-state index contributed by atoms with van der Waals surface area (Å²) in [5.41, 5.74) is 0.0617. The highest BCUT2D eigenvalue weighted by Crippen LogP contribution is 2.25. The smallest absolute Gasteiger partial charge is 0.269 e. The second-order valence-corrected chi connectivity index (χ2v) is 6.86. The predicted octanol–water partition coefficient (Wildman–Crippen LogP) is 2.61. The lowest BCUT2D eigenvalue weighted by atomic mass is 10.1. The van der Waals surface area contributed by atoms with Gasteiger partial charge in [-0.1, -0.05) is 0 Å². The Morgan fingerprint density at radius 2 is 2.17 bits per heavy atom. The average Bonchev–Trinajstić information content (AvgIpc) is 3.01. The van der Waals surface area contributed by atoms with Gasteiger partial charge >= 0.3 is 0 Å². The van der Waals surface area contributed by atoms with Crippen molar-refractivity contribution in [2.24, 2.45) is 5.92 Å². The number of nitrogens with zero attached hydrogens (tertiary/aromatic N) is 1. The van der Waals surface area contributed by atoms with Crippen LogP contribution in [-0.2, 0) is 4.79 Å². The zero-order valence-corrected chi connectivity index (χ0v) is 14.6. The molecule has 1 aromatic carbocycles. The molecule has 0 aromatic heterocycles. The Kier molecular flexibility index (Phi) is 8.36. The maximum absolute atomic E-state index is 12.0. The summed E-state index contributed by atoms with van der Waals surface area (Å²) in [5, 5.41) is 16.7. The van der Waals surface area contributed by atoms with Gasteiger partial charge in [-0.3, -0.25) is 14.9 Å². The molecule has 6 nitrogen and oxygen atoms in total. The maximum Gasteiger partial charge on any atom is 0.269 e. The SMILES string of the molecule is CC(Sc1ccc([N+](=O)[O-])cc1)C(=O)NCCC1CCNC1.Cl. The minimum Gasteiger partial charge on any atom is -0.355 e. The molecule has 23 heavy (non-hydrogen) atoms. The van der Waals surface area contributed by atoms with E-state index in [2.05, 4.69) is 10.6 Å². The number of carbonyl (C=O) groups excluding carboxylic acids is 1. The normalized spacial score (nSPS) is 18.0. The Labute approximate surface area is 146 Å². The first-order valence-corrected chi connectivity index (χ1v) is 8.34. The highest BCUT2D eigenvalue weighted by molar-refractivity contribution is 8.00. The van der Waals surface area contributed by atoms with Gasteiger partial charge in [0.05, 0.1) is 10.2 Å². The van der Waals surface area contributed by atoms with E-state index in [1.54, 1.807) is 12.1 Å². The predicted molar refractivity (Wildman–Crippen MR) is 94.3 cm³/mol. The summed E-state index contributed by atoms with van der Waals surface area (Å²) >= 11 is 1.41. The van der Waals surface area contributed by atoms with Crippen LogP contribution in [0.3, 0.4) is 0 Å². The maximum atomic E-state index is 12.0. The van der Waals surface area contributed by atoms with Crippen LogP contribution in [0.5, 0.6) is 0 Å². The first-order valence-electron chi connectivity index (χ1n) is 7.46. The highest BCUT2D eigenvalue weighted by atomic mass is 35.5. The summed E-state index contributed by atoms with van der Waals surface area (Å²) in [6.45, 7) is 4.67. The monoisotopic (exact) mass is 359 g/mol. The number of hydrogen-bond donors (Lipinski definition) is 2. The molecule has 2 unspecified atom stereocenters. The molecule has 0 aliphatic carbocycles. The summed E-state index contributed by atoms with van der Waals surface area (Å²) in [7, 11) is 0. The van der Waals surface area contributed by atoms with Gasteiger partial charge in [-0.2, -0.15) is 0 Å². The van der Waals surface area contributed by atoms with Crippen LogP contribution in [0.25, 0.3) is 0 Å². The zero-order chi connectivity index (χ0) is 15.9. The molecule has 1 fully saturated rings. The number of halogens is 1. The molecule has 1 saturated heterocycles. The van der Waals surface area contributed by atoms with Gasteiger partial charge in [0.15, 0.2) is 0 Å². The van der Waals surface area contributed by atoms with Crippen LogP contribution in [0.4, 0.5) is 5.69 Å². The van der Waals surface area contributed by atoms with Crippen LogP contribution in [-0.4, -0.2) is 35.7 Å². The second kappa shape index (κ2) is 9.75. The summed E-state index contributed by atoms with van der Waals surface area (Å²) in [5.74, 6) is 0.673. The van der Waals surface area contributed by atoms with Gasteiger partial charge in [-0.25, -0.2) is 0 Å². The minimum absolute atomic E-state index is 0. The molecule has 1 aliphatic heterocycles. The fourth-order valence-corrected chi connectivity index (χ4v) is 3.30. The molecule has 1 heterocycles. The number of nitrogens with one attached hydrogen (secondary N) is 2. The van der Waals surface area contributed by atoms with E-state index >= 15 is 0 Å². The third kappa shape index (κ3) is 6.37. The lowest BCUT2D eigenvalue weighted by molar-refractivity contribution is -0.384. The molecule has 128 valence electrons. The van der Waals surface area contributed by atoms with Crippen LogP contribution in [0.1, 0.15) is 19.8 Å². The Bertz CT molecular complexity index is 521. The summed E-state index contributed by atoms with van der Waals surface area (Å²) in [4.78, 5) is 23.1. The quantitative estimate of drug-likeness (QED) is 0.444. The molecular formula is C15H22ClN3O3S. The van der Waals surface area contributed by atoms with Crippen molar-refractivity contribution in [3.05, 3.63) is 34.4 Å². The Balaban J connectivity index is 0.00000264. The van der Waals surface area contributed by atoms with Gasteiger partial charge in [-0.15, -0.1) is 24.2 Å². The third-order valence-electron chi connectivity index (χ3n) is 3.74.